The van der Waals surface area contributed by atoms with Gasteiger partial charge in [-0.05, 0) is 49.5 Å². The van der Waals surface area contributed by atoms with E-state index in [-0.39, 0.29) is 31.6 Å². The predicted molar refractivity (Wildman–Crippen MR) is 140 cm³/mol. The van der Waals surface area contributed by atoms with E-state index in [1.807, 2.05) is 39.8 Å². The summed E-state index contributed by atoms with van der Waals surface area (Å²) in [5.41, 5.74) is 2.48. The third kappa shape index (κ3) is 7.12. The summed E-state index contributed by atoms with van der Waals surface area (Å²) in [5.74, 6) is -1.07. The molecule has 2 heterocycles. The van der Waals surface area contributed by atoms with Gasteiger partial charge < -0.3 is 19.5 Å². The van der Waals surface area contributed by atoms with Gasteiger partial charge in [0.15, 0.2) is 0 Å². The van der Waals surface area contributed by atoms with Crippen molar-refractivity contribution in [1.82, 2.24) is 10.2 Å². The Hall–Kier alpha value is -3.81. The number of allylic oxidation sites excluding steroid dienone is 4. The first-order valence-corrected chi connectivity index (χ1v) is 12.5. The standard InChI is InChI=1S/C29H36N2O6/c1-18(2)16-35-27(32)24-20(5)30-21(6)25(28(33)36-17-19(3)4)26(24)22-11-10-14-31(15-22)29(34)37-23-12-8-7-9-13-23/h7-14,18-19,26,30H,15-17H2,1-6H3. The molecule has 1 amide bonds. The minimum atomic E-state index is -0.752. The molecule has 0 aliphatic carbocycles. The monoisotopic (exact) mass is 508 g/mol. The Morgan fingerprint density at radius 3 is 1.97 bits per heavy atom. The molecular weight excluding hydrogens is 472 g/mol. The fraction of sp³-hybridized carbons (Fsp3) is 0.414. The molecule has 0 saturated heterocycles. The third-order valence-electron chi connectivity index (χ3n) is 5.78. The highest BCUT2D eigenvalue weighted by molar-refractivity contribution is 5.99. The van der Waals surface area contributed by atoms with E-state index in [1.54, 1.807) is 50.4 Å². The number of esters is 2. The molecule has 1 N–H and O–H groups in total. The Morgan fingerprint density at radius 2 is 1.46 bits per heavy atom. The highest BCUT2D eigenvalue weighted by atomic mass is 16.6. The second-order valence-corrected chi connectivity index (χ2v) is 10.0. The lowest BCUT2D eigenvalue weighted by Gasteiger charge is -2.34. The van der Waals surface area contributed by atoms with Gasteiger partial charge in [-0.25, -0.2) is 14.4 Å². The summed E-state index contributed by atoms with van der Waals surface area (Å²) in [6.45, 7) is 12.0. The van der Waals surface area contributed by atoms with Crippen LogP contribution in [0, 0.1) is 17.8 Å². The average Bonchev–Trinajstić information content (AvgIpc) is 2.86. The molecule has 0 saturated carbocycles. The Bertz CT molecular complexity index is 1100. The lowest BCUT2D eigenvalue weighted by atomic mass is 9.79. The van der Waals surface area contributed by atoms with Crippen LogP contribution in [0.2, 0.25) is 0 Å². The first kappa shape index (κ1) is 27.8. The minimum Gasteiger partial charge on any atom is -0.462 e. The topological polar surface area (TPSA) is 94.2 Å². The number of ether oxygens (including phenoxy) is 3. The van der Waals surface area contributed by atoms with Crippen LogP contribution < -0.4 is 10.1 Å². The molecule has 2 aliphatic heterocycles. The number of nitrogens with one attached hydrogen (secondary N) is 1. The van der Waals surface area contributed by atoms with Crippen LogP contribution in [0.5, 0.6) is 5.75 Å². The van der Waals surface area contributed by atoms with Crippen molar-refractivity contribution in [3.63, 3.8) is 0 Å². The predicted octanol–water partition coefficient (Wildman–Crippen LogP) is 5.11. The lowest BCUT2D eigenvalue weighted by Crippen LogP contribution is -2.39. The Balaban J connectivity index is 1.95. The molecule has 0 bridgehead atoms. The van der Waals surface area contributed by atoms with Crippen molar-refractivity contribution < 1.29 is 28.6 Å². The van der Waals surface area contributed by atoms with Crippen LogP contribution >= 0.6 is 0 Å². The molecule has 37 heavy (non-hydrogen) atoms. The maximum Gasteiger partial charge on any atom is 0.419 e. The number of rotatable bonds is 8. The number of para-hydroxylation sites is 1. The van der Waals surface area contributed by atoms with Crippen molar-refractivity contribution in [2.24, 2.45) is 17.8 Å². The SMILES string of the molecule is CC1=C(C(=O)OCC(C)C)C(C2=CC=CN(C(=O)Oc3ccccc3)C2)C(C(=O)OCC(C)C)=C(C)N1. The number of hydrogen-bond donors (Lipinski definition) is 1. The summed E-state index contributed by atoms with van der Waals surface area (Å²) in [4.78, 5) is 41.0. The molecule has 1 aromatic rings. The second-order valence-electron chi connectivity index (χ2n) is 10.0. The minimum absolute atomic E-state index is 0.120. The van der Waals surface area contributed by atoms with E-state index in [0.717, 1.165) is 0 Å². The fourth-order valence-electron chi connectivity index (χ4n) is 4.08. The maximum absolute atomic E-state index is 13.3. The smallest absolute Gasteiger partial charge is 0.419 e. The zero-order valence-corrected chi connectivity index (χ0v) is 22.4. The molecule has 0 spiro atoms. The van der Waals surface area contributed by atoms with Crippen LogP contribution in [-0.2, 0) is 19.1 Å². The first-order valence-electron chi connectivity index (χ1n) is 12.5. The van der Waals surface area contributed by atoms with Gasteiger partial charge >= 0.3 is 18.0 Å². The van der Waals surface area contributed by atoms with Gasteiger partial charge in [0, 0.05) is 23.5 Å². The quantitative estimate of drug-likeness (QED) is 0.488. The van der Waals surface area contributed by atoms with Gasteiger partial charge in [0.2, 0.25) is 0 Å². The van der Waals surface area contributed by atoms with Gasteiger partial charge in [-0.2, -0.15) is 0 Å². The molecule has 198 valence electrons. The summed E-state index contributed by atoms with van der Waals surface area (Å²) in [5, 5.41) is 3.16. The van der Waals surface area contributed by atoms with Crippen molar-refractivity contribution in [3.8, 4) is 5.75 Å². The normalized spacial score (nSPS) is 16.1. The van der Waals surface area contributed by atoms with E-state index < -0.39 is 23.9 Å². The van der Waals surface area contributed by atoms with E-state index in [1.165, 1.54) is 4.90 Å². The van der Waals surface area contributed by atoms with E-state index in [4.69, 9.17) is 14.2 Å². The molecule has 2 aliphatic rings. The van der Waals surface area contributed by atoms with Crippen molar-refractivity contribution in [1.29, 1.82) is 0 Å². The van der Waals surface area contributed by atoms with Crippen LogP contribution in [0.3, 0.4) is 0 Å². The summed E-state index contributed by atoms with van der Waals surface area (Å²) in [7, 11) is 0. The highest BCUT2D eigenvalue weighted by Gasteiger charge is 2.40. The molecule has 8 heteroatoms. The van der Waals surface area contributed by atoms with Gasteiger partial charge in [0.1, 0.15) is 5.75 Å². The molecule has 0 fully saturated rings. The number of hydrogen-bond acceptors (Lipinski definition) is 7. The molecule has 3 rings (SSSR count). The molecule has 1 aromatic carbocycles. The van der Waals surface area contributed by atoms with Crippen molar-refractivity contribution in [3.05, 3.63) is 76.8 Å². The Labute approximate surface area is 218 Å². The summed E-state index contributed by atoms with van der Waals surface area (Å²) < 4.78 is 16.7. The van der Waals surface area contributed by atoms with Crippen LogP contribution in [0.15, 0.2) is 76.8 Å². The number of carbonyl (C=O) groups is 3. The fourth-order valence-corrected chi connectivity index (χ4v) is 4.08. The molecule has 0 radical (unpaired) electrons. The summed E-state index contributed by atoms with van der Waals surface area (Å²) in [6.07, 6.45) is 4.55. The van der Waals surface area contributed by atoms with Crippen LogP contribution in [0.4, 0.5) is 4.79 Å². The molecule has 8 nitrogen and oxygen atoms in total. The van der Waals surface area contributed by atoms with Gasteiger partial charge in [-0.15, -0.1) is 0 Å². The van der Waals surface area contributed by atoms with E-state index >= 15 is 0 Å². The summed E-state index contributed by atoms with van der Waals surface area (Å²) in [6, 6.07) is 8.78. The zero-order valence-electron chi connectivity index (χ0n) is 22.4. The van der Waals surface area contributed by atoms with Crippen molar-refractivity contribution in [2.75, 3.05) is 19.8 Å². The van der Waals surface area contributed by atoms with E-state index in [2.05, 4.69) is 5.32 Å². The first-order chi connectivity index (χ1) is 17.6. The van der Waals surface area contributed by atoms with Crippen LogP contribution in [-0.4, -0.2) is 42.7 Å². The molecule has 0 aromatic heterocycles. The Morgan fingerprint density at radius 1 is 0.919 bits per heavy atom. The van der Waals surface area contributed by atoms with Gasteiger partial charge in [0.05, 0.1) is 30.9 Å². The van der Waals surface area contributed by atoms with Gasteiger partial charge in [-0.3, -0.25) is 4.90 Å². The Kier molecular flexibility index (Phi) is 9.33. The third-order valence-corrected chi connectivity index (χ3v) is 5.78. The number of amides is 1. The number of carbonyl (C=O) groups excluding carboxylic acids is 3. The summed E-state index contributed by atoms with van der Waals surface area (Å²) >= 11 is 0. The highest BCUT2D eigenvalue weighted by Crippen LogP contribution is 2.38. The number of benzene rings is 1. The van der Waals surface area contributed by atoms with Crippen molar-refractivity contribution in [2.45, 2.75) is 41.5 Å². The molecule has 0 atom stereocenters. The van der Waals surface area contributed by atoms with E-state index in [9.17, 15) is 14.4 Å². The largest absolute Gasteiger partial charge is 0.462 e. The van der Waals surface area contributed by atoms with E-state index in [0.29, 0.717) is 33.9 Å². The zero-order chi connectivity index (χ0) is 27.1. The van der Waals surface area contributed by atoms with Gasteiger partial charge in [0.25, 0.3) is 0 Å². The molecule has 0 unspecified atom stereocenters. The number of nitrogens with zero attached hydrogens (tertiary/aromatic N) is 1. The lowest BCUT2D eigenvalue weighted by molar-refractivity contribution is -0.141. The van der Waals surface area contributed by atoms with Crippen LogP contribution in [0.1, 0.15) is 41.5 Å². The number of dihydropyridines is 1. The second kappa shape index (κ2) is 12.4. The maximum atomic E-state index is 13.3. The average molecular weight is 509 g/mol. The molecular formula is C29H36N2O6. The van der Waals surface area contributed by atoms with Gasteiger partial charge in [-0.1, -0.05) is 52.0 Å². The van der Waals surface area contributed by atoms with Crippen molar-refractivity contribution >= 4 is 18.0 Å². The van der Waals surface area contributed by atoms with Crippen LogP contribution in [0.25, 0.3) is 0 Å².